The molecule has 1 aromatic carbocycles. The third-order valence-corrected chi connectivity index (χ3v) is 3.35. The molecule has 0 aliphatic carbocycles. The van der Waals surface area contributed by atoms with E-state index >= 15 is 0 Å². The Hall–Kier alpha value is -2.35. The van der Waals surface area contributed by atoms with Crippen LogP contribution in [0.1, 0.15) is 15.9 Å². The highest BCUT2D eigenvalue weighted by molar-refractivity contribution is 7.98. The van der Waals surface area contributed by atoms with Gasteiger partial charge in [-0.15, -0.1) is 5.10 Å². The van der Waals surface area contributed by atoms with Crippen molar-refractivity contribution in [1.29, 1.82) is 0 Å². The molecule has 0 aliphatic heterocycles. The summed E-state index contributed by atoms with van der Waals surface area (Å²) in [4.78, 5) is 22.3. The van der Waals surface area contributed by atoms with Gasteiger partial charge >= 0.3 is 5.97 Å². The van der Waals surface area contributed by atoms with Crippen LogP contribution in [0.25, 0.3) is 0 Å². The zero-order valence-corrected chi connectivity index (χ0v) is 10.5. The van der Waals surface area contributed by atoms with Gasteiger partial charge in [-0.2, -0.15) is 9.77 Å². The van der Waals surface area contributed by atoms with E-state index < -0.39 is 11.5 Å². The fourth-order valence-corrected chi connectivity index (χ4v) is 2.30. The molecular formula is C11H10N4O3S. The number of nitrogens with zero attached hydrogens (tertiary/aromatic N) is 3. The zero-order chi connectivity index (χ0) is 13.8. The molecule has 0 bridgehead atoms. The largest absolute Gasteiger partial charge is 0.478 e. The van der Waals surface area contributed by atoms with Crippen LogP contribution >= 0.6 is 11.8 Å². The number of carbonyl (C=O) groups is 1. The van der Waals surface area contributed by atoms with Crippen LogP contribution in [0.15, 0.2) is 40.4 Å². The van der Waals surface area contributed by atoms with Gasteiger partial charge in [-0.1, -0.05) is 30.0 Å². The Balaban J connectivity index is 2.22. The Labute approximate surface area is 112 Å². The van der Waals surface area contributed by atoms with Crippen molar-refractivity contribution >= 4 is 17.7 Å². The maximum Gasteiger partial charge on any atom is 0.335 e. The van der Waals surface area contributed by atoms with Crippen molar-refractivity contribution < 1.29 is 9.90 Å². The van der Waals surface area contributed by atoms with Gasteiger partial charge in [0.05, 0.1) is 5.56 Å². The van der Waals surface area contributed by atoms with E-state index in [1.165, 1.54) is 6.07 Å². The summed E-state index contributed by atoms with van der Waals surface area (Å²) in [6, 6.07) is 6.61. The molecule has 0 spiro atoms. The third kappa shape index (κ3) is 2.91. The molecule has 0 fully saturated rings. The number of nitrogen functional groups attached to an aromatic ring is 1. The van der Waals surface area contributed by atoms with Gasteiger partial charge in [-0.3, -0.25) is 4.79 Å². The molecule has 98 valence electrons. The van der Waals surface area contributed by atoms with E-state index in [-0.39, 0.29) is 10.7 Å². The van der Waals surface area contributed by atoms with Crippen molar-refractivity contribution in [1.82, 2.24) is 14.9 Å². The number of carboxylic acids is 1. The Kier molecular flexibility index (Phi) is 3.81. The molecule has 0 aliphatic rings. The van der Waals surface area contributed by atoms with Crippen LogP contribution in [0, 0.1) is 0 Å². The average molecular weight is 278 g/mol. The molecule has 0 unspecified atom stereocenters. The molecule has 0 atom stereocenters. The van der Waals surface area contributed by atoms with E-state index in [1.807, 2.05) is 0 Å². The van der Waals surface area contributed by atoms with Crippen molar-refractivity contribution in [3.8, 4) is 0 Å². The molecule has 0 radical (unpaired) electrons. The van der Waals surface area contributed by atoms with E-state index in [2.05, 4.69) is 10.2 Å². The summed E-state index contributed by atoms with van der Waals surface area (Å²) in [5, 5.41) is 16.5. The first-order valence-electron chi connectivity index (χ1n) is 5.23. The summed E-state index contributed by atoms with van der Waals surface area (Å²) >= 11 is 1.15. The number of aromatic nitrogens is 3. The molecule has 2 aromatic rings. The van der Waals surface area contributed by atoms with E-state index in [0.717, 1.165) is 22.6 Å². The minimum absolute atomic E-state index is 0.213. The van der Waals surface area contributed by atoms with Gasteiger partial charge in [0.25, 0.3) is 5.56 Å². The standard InChI is InChI=1S/C11H10N4O3S/c12-15-9(16)5-13-14-11(15)19-6-7-3-1-2-4-8(7)10(17)18/h1-5H,6,12H2,(H,17,18). The Morgan fingerprint density at radius 2 is 2.16 bits per heavy atom. The number of hydrogen-bond acceptors (Lipinski definition) is 6. The van der Waals surface area contributed by atoms with E-state index in [4.69, 9.17) is 10.9 Å². The average Bonchev–Trinajstić information content (AvgIpc) is 2.40. The van der Waals surface area contributed by atoms with Crippen molar-refractivity contribution in [2.45, 2.75) is 10.9 Å². The predicted molar refractivity (Wildman–Crippen MR) is 69.4 cm³/mol. The molecule has 2 rings (SSSR count). The minimum Gasteiger partial charge on any atom is -0.478 e. The highest BCUT2D eigenvalue weighted by atomic mass is 32.2. The van der Waals surface area contributed by atoms with Gasteiger partial charge in [-0.25, -0.2) is 4.79 Å². The second-order valence-corrected chi connectivity index (χ2v) is 4.53. The summed E-state index contributed by atoms with van der Waals surface area (Å²) in [5.74, 6) is 4.84. The van der Waals surface area contributed by atoms with E-state index in [0.29, 0.717) is 11.3 Å². The number of hydrogen-bond donors (Lipinski definition) is 2. The zero-order valence-electron chi connectivity index (χ0n) is 9.68. The van der Waals surface area contributed by atoms with Crippen LogP contribution in [0.3, 0.4) is 0 Å². The predicted octanol–water partition coefficient (Wildman–Crippen LogP) is 0.343. The van der Waals surface area contributed by atoms with E-state index in [1.54, 1.807) is 18.2 Å². The highest BCUT2D eigenvalue weighted by Gasteiger charge is 2.11. The van der Waals surface area contributed by atoms with Crippen molar-refractivity contribution in [2.24, 2.45) is 0 Å². The minimum atomic E-state index is -1.000. The Morgan fingerprint density at radius 3 is 2.89 bits per heavy atom. The lowest BCUT2D eigenvalue weighted by Crippen LogP contribution is -2.29. The van der Waals surface area contributed by atoms with Gasteiger partial charge < -0.3 is 10.9 Å². The third-order valence-electron chi connectivity index (χ3n) is 2.36. The molecule has 3 N–H and O–H groups in total. The van der Waals surface area contributed by atoms with Gasteiger partial charge in [0.15, 0.2) is 0 Å². The fourth-order valence-electron chi connectivity index (χ4n) is 1.43. The summed E-state index contributed by atoms with van der Waals surface area (Å²) in [7, 11) is 0. The van der Waals surface area contributed by atoms with Crippen LogP contribution in [-0.2, 0) is 5.75 Å². The van der Waals surface area contributed by atoms with Crippen molar-refractivity contribution in [3.63, 3.8) is 0 Å². The molecule has 19 heavy (non-hydrogen) atoms. The second-order valence-electron chi connectivity index (χ2n) is 3.59. The van der Waals surface area contributed by atoms with Gasteiger partial charge in [-0.05, 0) is 11.6 Å². The molecule has 0 saturated heterocycles. The molecule has 1 aromatic heterocycles. The van der Waals surface area contributed by atoms with Crippen molar-refractivity contribution in [2.75, 3.05) is 5.84 Å². The first-order chi connectivity index (χ1) is 9.09. The number of carboxylic acid groups (broad SMARTS) is 1. The summed E-state index contributed by atoms with van der Waals surface area (Å²) in [6.45, 7) is 0. The van der Waals surface area contributed by atoms with Crippen LogP contribution < -0.4 is 11.4 Å². The lowest BCUT2D eigenvalue weighted by atomic mass is 10.1. The molecule has 0 saturated carbocycles. The van der Waals surface area contributed by atoms with Crippen LogP contribution in [0.4, 0.5) is 0 Å². The lowest BCUT2D eigenvalue weighted by molar-refractivity contribution is 0.0696. The van der Waals surface area contributed by atoms with Crippen LogP contribution in [0.2, 0.25) is 0 Å². The quantitative estimate of drug-likeness (QED) is 0.612. The smallest absolute Gasteiger partial charge is 0.335 e. The highest BCUT2D eigenvalue weighted by Crippen LogP contribution is 2.21. The fraction of sp³-hybridized carbons (Fsp3) is 0.0909. The maximum atomic E-state index is 11.3. The topological polar surface area (TPSA) is 111 Å². The SMILES string of the molecule is Nn1c(SCc2ccccc2C(=O)O)nncc1=O. The van der Waals surface area contributed by atoms with Crippen molar-refractivity contribution in [3.05, 3.63) is 51.9 Å². The first kappa shape index (κ1) is 13.1. The van der Waals surface area contributed by atoms with Gasteiger partial charge in [0, 0.05) is 5.75 Å². The summed E-state index contributed by atoms with van der Waals surface area (Å²) in [6.07, 6.45) is 1.01. The Morgan fingerprint density at radius 1 is 1.42 bits per heavy atom. The number of nitrogens with two attached hydrogens (primary N) is 1. The lowest BCUT2D eigenvalue weighted by Gasteiger charge is -2.06. The van der Waals surface area contributed by atoms with Gasteiger partial charge in [0.1, 0.15) is 6.20 Å². The monoisotopic (exact) mass is 278 g/mol. The number of aromatic carboxylic acids is 1. The molecular weight excluding hydrogens is 268 g/mol. The van der Waals surface area contributed by atoms with Crippen LogP contribution in [0.5, 0.6) is 0 Å². The number of benzene rings is 1. The molecule has 7 nitrogen and oxygen atoms in total. The first-order valence-corrected chi connectivity index (χ1v) is 6.22. The maximum absolute atomic E-state index is 11.3. The molecule has 8 heteroatoms. The van der Waals surface area contributed by atoms with Gasteiger partial charge in [0.2, 0.25) is 5.16 Å². The summed E-state index contributed by atoms with van der Waals surface area (Å²) in [5.41, 5.74) is 0.368. The van der Waals surface area contributed by atoms with E-state index in [9.17, 15) is 9.59 Å². The molecule has 1 heterocycles. The second kappa shape index (κ2) is 5.53. The van der Waals surface area contributed by atoms with Crippen LogP contribution in [-0.4, -0.2) is 25.9 Å². The number of rotatable bonds is 4. The Bertz CT molecular complexity index is 671. The number of thioether (sulfide) groups is 1. The normalized spacial score (nSPS) is 10.3. The molecule has 0 amide bonds. The summed E-state index contributed by atoms with van der Waals surface area (Å²) < 4.78 is 0.876.